The van der Waals surface area contributed by atoms with Crippen molar-refractivity contribution in [2.45, 2.75) is 25.2 Å². The maximum absolute atomic E-state index is 12.3. The molecule has 4 aromatic rings. The second-order valence-electron chi connectivity index (χ2n) is 7.60. The maximum atomic E-state index is 12.3. The molecule has 0 atom stereocenters. The van der Waals surface area contributed by atoms with Gasteiger partial charge in [0.1, 0.15) is 5.52 Å². The van der Waals surface area contributed by atoms with Crippen molar-refractivity contribution < 1.29 is 12.8 Å². The molecule has 0 aliphatic heterocycles. The molecule has 2 heterocycles. The summed E-state index contributed by atoms with van der Waals surface area (Å²) in [5.74, 6) is 0. The third kappa shape index (κ3) is 3.94. The molecule has 2 aromatic carbocycles. The van der Waals surface area contributed by atoms with Gasteiger partial charge in [-0.15, -0.1) is 0 Å². The Balaban J connectivity index is 1.79. The Morgan fingerprint density at radius 2 is 1.77 bits per heavy atom. The number of aromatic nitrogens is 1. The standard InChI is InChI=1S/C24H25N3O3S/c1-5-17-15-30-24-22(14-21(26-23(17)24)20-9-7-6-8-16(20)2)25-18-10-12-19(13-11-18)31(28,29)27(3)4/h6-15H,5H2,1-4H3,(H,25,26). The zero-order chi connectivity index (χ0) is 22.2. The quantitative estimate of drug-likeness (QED) is 0.441. The van der Waals surface area contributed by atoms with Crippen LogP contribution in [0.3, 0.4) is 0 Å². The average Bonchev–Trinajstić information content (AvgIpc) is 3.17. The highest BCUT2D eigenvalue weighted by molar-refractivity contribution is 7.89. The lowest BCUT2D eigenvalue weighted by Crippen LogP contribution is -2.22. The Hall–Kier alpha value is -3.16. The van der Waals surface area contributed by atoms with Gasteiger partial charge in [0.2, 0.25) is 10.0 Å². The van der Waals surface area contributed by atoms with Gasteiger partial charge in [0.25, 0.3) is 0 Å². The van der Waals surface area contributed by atoms with Gasteiger partial charge in [-0.1, -0.05) is 31.2 Å². The van der Waals surface area contributed by atoms with Gasteiger partial charge in [0.05, 0.1) is 22.5 Å². The molecule has 31 heavy (non-hydrogen) atoms. The van der Waals surface area contributed by atoms with Crippen LogP contribution in [0.25, 0.3) is 22.4 Å². The number of hydrogen-bond acceptors (Lipinski definition) is 5. The van der Waals surface area contributed by atoms with Crippen molar-refractivity contribution in [2.75, 3.05) is 19.4 Å². The van der Waals surface area contributed by atoms with Crippen LogP contribution < -0.4 is 5.32 Å². The summed E-state index contributed by atoms with van der Waals surface area (Å²) in [7, 11) is -0.435. The van der Waals surface area contributed by atoms with Gasteiger partial charge < -0.3 is 9.73 Å². The molecule has 1 N–H and O–H groups in total. The lowest BCUT2D eigenvalue weighted by molar-refractivity contribution is 0.521. The molecular formula is C24H25N3O3S. The van der Waals surface area contributed by atoms with Crippen LogP contribution in [0.2, 0.25) is 0 Å². The molecule has 160 valence electrons. The van der Waals surface area contributed by atoms with Crippen LogP contribution in [0.1, 0.15) is 18.1 Å². The van der Waals surface area contributed by atoms with Crippen molar-refractivity contribution in [3.8, 4) is 11.3 Å². The van der Waals surface area contributed by atoms with E-state index < -0.39 is 10.0 Å². The van der Waals surface area contributed by atoms with Crippen LogP contribution in [-0.4, -0.2) is 31.8 Å². The molecule has 4 rings (SSSR count). The van der Waals surface area contributed by atoms with E-state index in [1.807, 2.05) is 18.2 Å². The second kappa shape index (κ2) is 8.17. The van der Waals surface area contributed by atoms with E-state index in [0.29, 0.717) is 5.58 Å². The molecule has 7 heteroatoms. The molecule has 0 aliphatic rings. The number of aryl methyl sites for hydroxylation is 2. The zero-order valence-corrected chi connectivity index (χ0v) is 18.8. The summed E-state index contributed by atoms with van der Waals surface area (Å²) in [4.78, 5) is 5.13. The molecule has 0 saturated carbocycles. The highest BCUT2D eigenvalue weighted by atomic mass is 32.2. The molecule has 0 spiro atoms. The smallest absolute Gasteiger partial charge is 0.242 e. The van der Waals surface area contributed by atoms with E-state index in [2.05, 4.69) is 31.3 Å². The summed E-state index contributed by atoms with van der Waals surface area (Å²) in [6.07, 6.45) is 2.56. The molecule has 6 nitrogen and oxygen atoms in total. The molecule has 0 bridgehead atoms. The Labute approximate surface area is 182 Å². The minimum absolute atomic E-state index is 0.245. The fraction of sp³-hybridized carbons (Fsp3) is 0.208. The maximum Gasteiger partial charge on any atom is 0.242 e. The summed E-state index contributed by atoms with van der Waals surface area (Å²) in [6.45, 7) is 4.14. The number of anilines is 2. The Kier molecular flexibility index (Phi) is 5.56. The second-order valence-corrected chi connectivity index (χ2v) is 9.75. The fourth-order valence-corrected chi connectivity index (χ4v) is 4.38. The molecule has 0 unspecified atom stereocenters. The lowest BCUT2D eigenvalue weighted by Gasteiger charge is -2.13. The highest BCUT2D eigenvalue weighted by Crippen LogP contribution is 2.34. The van der Waals surface area contributed by atoms with Crippen molar-refractivity contribution in [2.24, 2.45) is 0 Å². The minimum Gasteiger partial charge on any atom is -0.460 e. The van der Waals surface area contributed by atoms with E-state index in [1.165, 1.54) is 18.4 Å². The number of fused-ring (bicyclic) bond motifs is 1. The van der Waals surface area contributed by atoms with Crippen LogP contribution in [0.15, 0.2) is 70.2 Å². The van der Waals surface area contributed by atoms with Crippen LogP contribution in [-0.2, 0) is 16.4 Å². The van der Waals surface area contributed by atoms with Gasteiger partial charge in [0.15, 0.2) is 5.58 Å². The number of pyridine rings is 1. The summed E-state index contributed by atoms with van der Waals surface area (Å²) in [6, 6.07) is 16.8. The molecule has 0 aliphatic carbocycles. The van der Waals surface area contributed by atoms with Crippen LogP contribution in [0.5, 0.6) is 0 Å². The first-order chi connectivity index (χ1) is 14.8. The average molecular weight is 436 g/mol. The summed E-state index contributed by atoms with van der Waals surface area (Å²) in [5, 5.41) is 3.38. The largest absolute Gasteiger partial charge is 0.460 e. The van der Waals surface area contributed by atoms with Gasteiger partial charge >= 0.3 is 0 Å². The lowest BCUT2D eigenvalue weighted by atomic mass is 10.0. The molecule has 2 aromatic heterocycles. The van der Waals surface area contributed by atoms with Gasteiger partial charge in [-0.2, -0.15) is 0 Å². The normalized spacial score (nSPS) is 11.9. The highest BCUT2D eigenvalue weighted by Gasteiger charge is 2.18. The first kappa shape index (κ1) is 21.1. The number of furan rings is 1. The zero-order valence-electron chi connectivity index (χ0n) is 18.0. The van der Waals surface area contributed by atoms with Crippen molar-refractivity contribution >= 4 is 32.5 Å². The van der Waals surface area contributed by atoms with Crippen LogP contribution in [0, 0.1) is 6.92 Å². The Morgan fingerprint density at radius 3 is 2.42 bits per heavy atom. The predicted molar refractivity (Wildman–Crippen MR) is 124 cm³/mol. The van der Waals surface area contributed by atoms with E-state index in [4.69, 9.17) is 9.40 Å². The van der Waals surface area contributed by atoms with Crippen molar-refractivity contribution in [1.29, 1.82) is 0 Å². The van der Waals surface area contributed by atoms with E-state index in [1.54, 1.807) is 30.5 Å². The summed E-state index contributed by atoms with van der Waals surface area (Å²) in [5.41, 5.74) is 7.15. The van der Waals surface area contributed by atoms with Crippen molar-refractivity contribution in [3.63, 3.8) is 0 Å². The van der Waals surface area contributed by atoms with Crippen molar-refractivity contribution in [3.05, 3.63) is 72.0 Å². The first-order valence-electron chi connectivity index (χ1n) is 10.1. The molecule has 0 amide bonds. The first-order valence-corrected chi connectivity index (χ1v) is 11.5. The van der Waals surface area contributed by atoms with Crippen LogP contribution >= 0.6 is 0 Å². The summed E-state index contributed by atoms with van der Waals surface area (Å²) < 4.78 is 31.7. The van der Waals surface area contributed by atoms with E-state index in [-0.39, 0.29) is 4.90 Å². The van der Waals surface area contributed by atoms with E-state index in [0.717, 1.165) is 45.7 Å². The fourth-order valence-electron chi connectivity index (χ4n) is 3.47. The molecular weight excluding hydrogens is 410 g/mol. The number of hydrogen-bond donors (Lipinski definition) is 1. The van der Waals surface area contributed by atoms with Crippen molar-refractivity contribution in [1.82, 2.24) is 9.29 Å². The summed E-state index contributed by atoms with van der Waals surface area (Å²) >= 11 is 0. The van der Waals surface area contributed by atoms with Gasteiger partial charge in [-0.3, -0.25) is 0 Å². The molecule has 0 saturated heterocycles. The van der Waals surface area contributed by atoms with Gasteiger partial charge in [-0.05, 0) is 49.2 Å². The van der Waals surface area contributed by atoms with Gasteiger partial charge in [-0.25, -0.2) is 17.7 Å². The number of benzene rings is 2. The third-order valence-electron chi connectivity index (χ3n) is 5.31. The van der Waals surface area contributed by atoms with Gasteiger partial charge in [0, 0.05) is 30.9 Å². The van der Waals surface area contributed by atoms with E-state index >= 15 is 0 Å². The monoisotopic (exact) mass is 435 g/mol. The van der Waals surface area contributed by atoms with E-state index in [9.17, 15) is 8.42 Å². The number of rotatable bonds is 6. The minimum atomic E-state index is -3.47. The predicted octanol–water partition coefficient (Wildman–Crippen LogP) is 5.36. The number of nitrogens with zero attached hydrogens (tertiary/aromatic N) is 2. The number of nitrogens with one attached hydrogen (secondary N) is 1. The molecule has 0 fully saturated rings. The third-order valence-corrected chi connectivity index (χ3v) is 7.14. The SMILES string of the molecule is CCc1coc2c(Nc3ccc(S(=O)(=O)N(C)C)cc3)cc(-c3ccccc3C)nc12. The topological polar surface area (TPSA) is 75.4 Å². The Morgan fingerprint density at radius 1 is 1.06 bits per heavy atom. The van der Waals surface area contributed by atoms with Crippen LogP contribution in [0.4, 0.5) is 11.4 Å². The Bertz CT molecular complexity index is 1340. The molecule has 0 radical (unpaired) electrons. The number of sulfonamides is 1.